The van der Waals surface area contributed by atoms with Crippen LogP contribution in [0.3, 0.4) is 0 Å². The van der Waals surface area contributed by atoms with E-state index < -0.39 is 0 Å². The number of carbonyl (C=O) groups is 2. The van der Waals surface area contributed by atoms with E-state index in [4.69, 9.17) is 0 Å². The molecule has 0 aromatic rings. The fraction of sp³-hybridized carbons (Fsp3) is 0.565. The van der Waals surface area contributed by atoms with Crippen LogP contribution in [0.4, 0.5) is 0 Å². The third kappa shape index (κ3) is 1.39. The third-order valence-corrected chi connectivity index (χ3v) is 8.66. The Labute approximate surface area is 148 Å². The third-order valence-electron chi connectivity index (χ3n) is 8.66. The zero-order valence-corrected chi connectivity index (χ0v) is 15.0. The molecule has 0 radical (unpaired) electrons. The Morgan fingerprint density at radius 3 is 2.76 bits per heavy atom. The van der Waals surface area contributed by atoms with Crippen molar-refractivity contribution in [3.63, 3.8) is 0 Å². The zero-order valence-electron chi connectivity index (χ0n) is 15.0. The maximum Gasteiger partial charge on any atom is 0.178 e. The molecule has 128 valence electrons. The van der Waals surface area contributed by atoms with Crippen LogP contribution in [-0.2, 0) is 9.59 Å². The molecule has 2 fully saturated rings. The highest BCUT2D eigenvalue weighted by atomic mass is 16.1. The Morgan fingerprint density at radius 2 is 1.92 bits per heavy atom. The minimum Gasteiger partial charge on any atom is -0.299 e. The van der Waals surface area contributed by atoms with Gasteiger partial charge in [0.15, 0.2) is 5.78 Å². The number of ketones is 2. The molecule has 0 aromatic heterocycles. The van der Waals surface area contributed by atoms with Gasteiger partial charge in [0.25, 0.3) is 0 Å². The van der Waals surface area contributed by atoms with Gasteiger partial charge in [0.1, 0.15) is 5.78 Å². The molecular weight excluding hydrogens is 308 g/mol. The SMILES string of the molecule is CC12C=CC(=O)C=C1C1CC1C1=C2CC[C@@]23C(=O)CC[C@]2(C)CC=C13. The van der Waals surface area contributed by atoms with Crippen molar-refractivity contribution in [3.8, 4) is 0 Å². The molecule has 6 aliphatic carbocycles. The second-order valence-electron chi connectivity index (χ2n) is 9.59. The predicted octanol–water partition coefficient (Wildman–Crippen LogP) is 4.48. The Morgan fingerprint density at radius 1 is 1.08 bits per heavy atom. The number of allylic oxidation sites excluding steroid dienone is 8. The van der Waals surface area contributed by atoms with E-state index in [2.05, 4.69) is 26.0 Å². The van der Waals surface area contributed by atoms with E-state index in [1.165, 1.54) is 28.7 Å². The highest BCUT2D eigenvalue weighted by Gasteiger charge is 2.67. The summed E-state index contributed by atoms with van der Waals surface area (Å²) in [4.78, 5) is 25.0. The molecule has 0 saturated heterocycles. The van der Waals surface area contributed by atoms with Gasteiger partial charge in [-0.1, -0.05) is 24.6 Å². The van der Waals surface area contributed by atoms with E-state index in [0.717, 1.165) is 32.1 Å². The van der Waals surface area contributed by atoms with Gasteiger partial charge in [0, 0.05) is 11.8 Å². The lowest BCUT2D eigenvalue weighted by Gasteiger charge is -2.49. The summed E-state index contributed by atoms with van der Waals surface area (Å²) in [5, 5.41) is 0. The molecule has 0 amide bonds. The van der Waals surface area contributed by atoms with Crippen LogP contribution in [0.1, 0.15) is 52.4 Å². The van der Waals surface area contributed by atoms with Crippen molar-refractivity contribution in [2.75, 3.05) is 0 Å². The van der Waals surface area contributed by atoms with E-state index in [1.807, 2.05) is 6.08 Å². The van der Waals surface area contributed by atoms with Crippen molar-refractivity contribution in [2.45, 2.75) is 52.4 Å². The minimum absolute atomic E-state index is 0.0933. The fourth-order valence-corrected chi connectivity index (χ4v) is 7.22. The van der Waals surface area contributed by atoms with Crippen molar-refractivity contribution in [2.24, 2.45) is 28.1 Å². The largest absolute Gasteiger partial charge is 0.299 e. The van der Waals surface area contributed by atoms with E-state index in [0.29, 0.717) is 17.6 Å². The second-order valence-corrected chi connectivity index (χ2v) is 9.59. The van der Waals surface area contributed by atoms with Gasteiger partial charge in [-0.25, -0.2) is 0 Å². The van der Waals surface area contributed by atoms with Crippen LogP contribution in [0.5, 0.6) is 0 Å². The smallest absolute Gasteiger partial charge is 0.178 e. The summed E-state index contributed by atoms with van der Waals surface area (Å²) in [5.41, 5.74) is 5.68. The molecule has 25 heavy (non-hydrogen) atoms. The average Bonchev–Trinajstić information content (AvgIpc) is 3.27. The number of hydrogen-bond acceptors (Lipinski definition) is 2. The van der Waals surface area contributed by atoms with Crippen LogP contribution in [0.25, 0.3) is 0 Å². The van der Waals surface area contributed by atoms with E-state index in [9.17, 15) is 9.59 Å². The number of hydrogen-bond donors (Lipinski definition) is 0. The van der Waals surface area contributed by atoms with Gasteiger partial charge in [-0.3, -0.25) is 9.59 Å². The number of fused-ring (bicyclic) bond motifs is 6. The monoisotopic (exact) mass is 332 g/mol. The molecule has 6 rings (SSSR count). The Kier molecular flexibility index (Phi) is 2.31. The highest BCUT2D eigenvalue weighted by Crippen LogP contribution is 2.74. The molecule has 0 aliphatic heterocycles. The normalized spacial score (nSPS) is 49.0. The molecule has 5 atom stereocenters. The van der Waals surface area contributed by atoms with Crippen molar-refractivity contribution >= 4 is 11.6 Å². The number of rotatable bonds is 0. The Hall–Kier alpha value is -1.70. The Bertz CT molecular complexity index is 897. The lowest BCUT2D eigenvalue weighted by atomic mass is 9.53. The quantitative estimate of drug-likeness (QED) is 0.655. The van der Waals surface area contributed by atoms with Crippen molar-refractivity contribution in [3.05, 3.63) is 46.6 Å². The molecule has 0 heterocycles. The molecule has 3 unspecified atom stereocenters. The van der Waals surface area contributed by atoms with Gasteiger partial charge in [0.2, 0.25) is 0 Å². The molecule has 6 aliphatic rings. The van der Waals surface area contributed by atoms with E-state index >= 15 is 0 Å². The van der Waals surface area contributed by atoms with Crippen LogP contribution in [0, 0.1) is 28.1 Å². The van der Waals surface area contributed by atoms with Crippen molar-refractivity contribution in [1.29, 1.82) is 0 Å². The lowest BCUT2D eigenvalue weighted by Crippen LogP contribution is -2.43. The molecule has 2 nitrogen and oxygen atoms in total. The summed E-state index contributed by atoms with van der Waals surface area (Å²) in [5.74, 6) is 1.74. The first kappa shape index (κ1) is 14.5. The van der Waals surface area contributed by atoms with Gasteiger partial charge in [-0.15, -0.1) is 0 Å². The molecule has 2 heteroatoms. The first-order chi connectivity index (χ1) is 11.9. The summed E-state index contributed by atoms with van der Waals surface area (Å²) in [6.45, 7) is 4.65. The van der Waals surface area contributed by atoms with Crippen LogP contribution in [0.2, 0.25) is 0 Å². The zero-order chi connectivity index (χ0) is 17.2. The average molecular weight is 332 g/mol. The summed E-state index contributed by atoms with van der Waals surface area (Å²) in [6, 6.07) is 0. The van der Waals surface area contributed by atoms with Crippen LogP contribution >= 0.6 is 0 Å². The summed E-state index contributed by atoms with van der Waals surface area (Å²) >= 11 is 0. The van der Waals surface area contributed by atoms with Gasteiger partial charge in [0.05, 0.1) is 5.41 Å². The first-order valence-electron chi connectivity index (χ1n) is 9.84. The molecule has 2 saturated carbocycles. The minimum atomic E-state index is -0.190. The topological polar surface area (TPSA) is 34.1 Å². The van der Waals surface area contributed by atoms with E-state index in [1.54, 1.807) is 6.08 Å². The maximum atomic E-state index is 13.1. The Balaban J connectivity index is 1.59. The van der Waals surface area contributed by atoms with Crippen molar-refractivity contribution < 1.29 is 9.59 Å². The second kappa shape index (κ2) is 4.00. The molecule has 0 N–H and O–H groups in total. The maximum absolute atomic E-state index is 13.1. The fourth-order valence-electron chi connectivity index (χ4n) is 7.22. The standard InChI is InChI=1S/C23H24O2/c1-21-7-4-17-20-15-12-14(15)18-11-13(24)3-9-22(18,2)16(20)5-10-23(17,21)19(25)6-8-21/h3-4,9,11,14-15H,5-8,10,12H2,1-2H3/t14?,15?,21-,22?,23+/m0/s1. The molecule has 0 bridgehead atoms. The summed E-state index contributed by atoms with van der Waals surface area (Å²) in [7, 11) is 0. The first-order valence-corrected chi connectivity index (χ1v) is 9.84. The van der Waals surface area contributed by atoms with Crippen LogP contribution in [-0.4, -0.2) is 11.6 Å². The lowest BCUT2D eigenvalue weighted by molar-refractivity contribution is -0.127. The summed E-state index contributed by atoms with van der Waals surface area (Å²) in [6.07, 6.45) is 14.3. The van der Waals surface area contributed by atoms with Crippen LogP contribution < -0.4 is 0 Å². The predicted molar refractivity (Wildman–Crippen MR) is 95.7 cm³/mol. The molecule has 0 aromatic carbocycles. The van der Waals surface area contributed by atoms with Crippen molar-refractivity contribution in [1.82, 2.24) is 0 Å². The number of Topliss-reactive ketones (excluding diaryl/α,β-unsaturated/α-hetero) is 1. The van der Waals surface area contributed by atoms with Gasteiger partial charge in [-0.05, 0) is 85.2 Å². The molecule has 1 spiro atoms. The summed E-state index contributed by atoms with van der Waals surface area (Å²) < 4.78 is 0. The van der Waals surface area contributed by atoms with Gasteiger partial charge >= 0.3 is 0 Å². The number of carbonyl (C=O) groups excluding carboxylic acids is 2. The van der Waals surface area contributed by atoms with Crippen LogP contribution in [0.15, 0.2) is 46.6 Å². The molecular formula is C23H24O2. The highest BCUT2D eigenvalue weighted by molar-refractivity contribution is 6.02. The van der Waals surface area contributed by atoms with Gasteiger partial charge in [-0.2, -0.15) is 0 Å². The van der Waals surface area contributed by atoms with Gasteiger partial charge < -0.3 is 0 Å². The van der Waals surface area contributed by atoms with E-state index in [-0.39, 0.29) is 22.0 Å².